The summed E-state index contributed by atoms with van der Waals surface area (Å²) in [4.78, 5) is 7.48. The normalized spacial score (nSPS) is 12.1. The first-order valence-electron chi connectivity index (χ1n) is 5.10. The Hall–Kier alpha value is -2.22. The maximum absolute atomic E-state index is 11.7. The topological polar surface area (TPSA) is 104 Å². The molecule has 3 aromatic rings. The zero-order chi connectivity index (χ0) is 12.8. The second-order valence-electron chi connectivity index (χ2n) is 3.87. The van der Waals surface area contributed by atoms with Gasteiger partial charge in [0.1, 0.15) is 11.2 Å². The Bertz CT molecular complexity index is 804. The van der Waals surface area contributed by atoms with Gasteiger partial charge in [0.2, 0.25) is 0 Å². The number of aromatic amines is 2. The van der Waals surface area contributed by atoms with Gasteiger partial charge in [-0.2, -0.15) is 15.4 Å². The number of para-hydroxylation sites is 1. The largest absolute Gasteiger partial charge is 0.336 e. The number of H-pyrrole nitrogens is 2. The highest BCUT2D eigenvalue weighted by Crippen LogP contribution is 2.23. The van der Waals surface area contributed by atoms with E-state index in [2.05, 4.69) is 25.4 Å². The fourth-order valence-corrected chi connectivity index (χ4v) is 2.57. The molecule has 0 radical (unpaired) electrons. The second-order valence-corrected chi connectivity index (χ2v) is 5.85. The quantitative estimate of drug-likeness (QED) is 0.710. The first-order chi connectivity index (χ1) is 8.55. The SMILES string of the molecule is CS(=O)(=O)c1cccc2[nH]c(-c3cn[nH]n3)nc12. The molecule has 0 aliphatic carbocycles. The van der Waals surface area contributed by atoms with Crippen molar-refractivity contribution in [3.63, 3.8) is 0 Å². The van der Waals surface area contributed by atoms with Gasteiger partial charge in [0.25, 0.3) is 0 Å². The van der Waals surface area contributed by atoms with Gasteiger partial charge in [-0.1, -0.05) is 6.07 Å². The van der Waals surface area contributed by atoms with Gasteiger partial charge in [-0.05, 0) is 12.1 Å². The summed E-state index contributed by atoms with van der Waals surface area (Å²) in [5, 5.41) is 10.1. The van der Waals surface area contributed by atoms with Crippen LogP contribution in [-0.4, -0.2) is 40.1 Å². The fourth-order valence-electron chi connectivity index (χ4n) is 1.74. The van der Waals surface area contributed by atoms with Gasteiger partial charge in [0, 0.05) is 6.26 Å². The lowest BCUT2D eigenvalue weighted by molar-refractivity contribution is 0.602. The molecule has 92 valence electrons. The predicted octanol–water partition coefficient (Wildman–Crippen LogP) is 0.751. The first-order valence-corrected chi connectivity index (χ1v) is 7.00. The summed E-state index contributed by atoms with van der Waals surface area (Å²) < 4.78 is 23.3. The van der Waals surface area contributed by atoms with E-state index in [0.29, 0.717) is 22.6 Å². The molecule has 0 bridgehead atoms. The van der Waals surface area contributed by atoms with E-state index >= 15 is 0 Å². The van der Waals surface area contributed by atoms with Crippen LogP contribution in [0.2, 0.25) is 0 Å². The van der Waals surface area contributed by atoms with Crippen LogP contribution < -0.4 is 0 Å². The minimum Gasteiger partial charge on any atom is -0.336 e. The Kier molecular flexibility index (Phi) is 2.20. The molecule has 2 aromatic heterocycles. The van der Waals surface area contributed by atoms with Gasteiger partial charge in [-0.3, -0.25) is 0 Å². The standard InChI is InChI=1S/C10H9N5O2S/c1-18(16,17)8-4-2-3-6-9(8)13-10(12-6)7-5-11-15-14-7/h2-5H,1H3,(H,12,13)(H,11,14,15). The zero-order valence-electron chi connectivity index (χ0n) is 9.38. The number of hydrogen-bond donors (Lipinski definition) is 2. The van der Waals surface area contributed by atoms with E-state index in [0.717, 1.165) is 6.26 Å². The van der Waals surface area contributed by atoms with Crippen molar-refractivity contribution >= 4 is 20.9 Å². The van der Waals surface area contributed by atoms with Crippen LogP contribution in [0.4, 0.5) is 0 Å². The molecule has 0 amide bonds. The van der Waals surface area contributed by atoms with Crippen molar-refractivity contribution in [3.05, 3.63) is 24.4 Å². The molecule has 1 aromatic carbocycles. The van der Waals surface area contributed by atoms with E-state index in [1.54, 1.807) is 12.1 Å². The minimum atomic E-state index is -3.31. The number of nitrogens with zero attached hydrogens (tertiary/aromatic N) is 3. The highest BCUT2D eigenvalue weighted by molar-refractivity contribution is 7.91. The van der Waals surface area contributed by atoms with Gasteiger partial charge < -0.3 is 4.98 Å². The summed E-state index contributed by atoms with van der Waals surface area (Å²) in [5.74, 6) is 0.481. The van der Waals surface area contributed by atoms with E-state index < -0.39 is 9.84 Å². The van der Waals surface area contributed by atoms with Gasteiger partial charge >= 0.3 is 0 Å². The van der Waals surface area contributed by atoms with Crippen LogP contribution in [-0.2, 0) is 9.84 Å². The maximum atomic E-state index is 11.7. The number of fused-ring (bicyclic) bond motifs is 1. The van der Waals surface area contributed by atoms with Crippen LogP contribution in [0.15, 0.2) is 29.3 Å². The molecule has 0 spiro atoms. The smallest absolute Gasteiger partial charge is 0.177 e. The molecule has 8 heteroatoms. The number of aromatic nitrogens is 5. The maximum Gasteiger partial charge on any atom is 0.177 e. The Balaban J connectivity index is 2.31. The average Bonchev–Trinajstić information content (AvgIpc) is 2.95. The molecule has 0 aliphatic heterocycles. The third kappa shape index (κ3) is 1.66. The monoisotopic (exact) mass is 263 g/mol. The molecule has 0 atom stereocenters. The van der Waals surface area contributed by atoms with Crippen LogP contribution in [0.3, 0.4) is 0 Å². The summed E-state index contributed by atoms with van der Waals surface area (Å²) in [7, 11) is -3.31. The van der Waals surface area contributed by atoms with Crippen LogP contribution in [0.1, 0.15) is 0 Å². The summed E-state index contributed by atoms with van der Waals surface area (Å²) >= 11 is 0. The van der Waals surface area contributed by atoms with Gasteiger partial charge in [-0.25, -0.2) is 13.4 Å². The van der Waals surface area contributed by atoms with Gasteiger partial charge in [-0.15, -0.1) is 0 Å². The molecule has 0 aliphatic rings. The summed E-state index contributed by atoms with van der Waals surface area (Å²) in [6, 6.07) is 4.97. The van der Waals surface area contributed by atoms with Gasteiger partial charge in [0.15, 0.2) is 15.7 Å². The Morgan fingerprint density at radius 1 is 1.28 bits per heavy atom. The molecule has 3 rings (SSSR count). The average molecular weight is 263 g/mol. The van der Waals surface area contributed by atoms with E-state index in [9.17, 15) is 8.42 Å². The lowest BCUT2D eigenvalue weighted by atomic mass is 10.3. The van der Waals surface area contributed by atoms with Gasteiger partial charge in [0.05, 0.1) is 16.6 Å². The lowest BCUT2D eigenvalue weighted by Gasteiger charge is -1.97. The molecular formula is C10H9N5O2S. The van der Waals surface area contributed by atoms with Crippen molar-refractivity contribution in [2.24, 2.45) is 0 Å². The summed E-state index contributed by atoms with van der Waals surface area (Å²) in [6.45, 7) is 0. The Morgan fingerprint density at radius 2 is 2.11 bits per heavy atom. The molecule has 2 N–H and O–H groups in total. The number of hydrogen-bond acceptors (Lipinski definition) is 5. The van der Waals surface area contributed by atoms with Crippen LogP contribution in [0, 0.1) is 0 Å². The number of sulfone groups is 1. The molecule has 7 nitrogen and oxygen atoms in total. The second kappa shape index (κ2) is 3.64. The van der Waals surface area contributed by atoms with E-state index in [1.165, 1.54) is 12.3 Å². The van der Waals surface area contributed by atoms with Crippen LogP contribution >= 0.6 is 0 Å². The van der Waals surface area contributed by atoms with E-state index in [4.69, 9.17) is 0 Å². The molecule has 0 saturated heterocycles. The minimum absolute atomic E-state index is 0.200. The first kappa shape index (κ1) is 10.9. The molecule has 18 heavy (non-hydrogen) atoms. The van der Waals surface area contributed by atoms with Crippen molar-refractivity contribution < 1.29 is 8.42 Å². The van der Waals surface area contributed by atoms with E-state index in [1.807, 2.05) is 0 Å². The van der Waals surface area contributed by atoms with Crippen molar-refractivity contribution in [1.82, 2.24) is 25.4 Å². The van der Waals surface area contributed by atoms with E-state index in [-0.39, 0.29) is 4.90 Å². The van der Waals surface area contributed by atoms with Crippen molar-refractivity contribution in [2.75, 3.05) is 6.26 Å². The third-order valence-electron chi connectivity index (χ3n) is 2.53. The zero-order valence-corrected chi connectivity index (χ0v) is 10.2. The highest BCUT2D eigenvalue weighted by atomic mass is 32.2. The predicted molar refractivity (Wildman–Crippen MR) is 64.6 cm³/mol. The number of nitrogens with one attached hydrogen (secondary N) is 2. The van der Waals surface area contributed by atoms with Crippen molar-refractivity contribution in [2.45, 2.75) is 4.90 Å². The molecular weight excluding hydrogens is 254 g/mol. The fraction of sp³-hybridized carbons (Fsp3) is 0.100. The third-order valence-corrected chi connectivity index (χ3v) is 3.66. The number of imidazole rings is 1. The number of benzene rings is 1. The Labute approximate surface area is 102 Å². The van der Waals surface area contributed by atoms with Crippen LogP contribution in [0.5, 0.6) is 0 Å². The number of rotatable bonds is 2. The summed E-state index contributed by atoms with van der Waals surface area (Å²) in [5.41, 5.74) is 1.60. The molecule has 0 saturated carbocycles. The van der Waals surface area contributed by atoms with Crippen molar-refractivity contribution in [1.29, 1.82) is 0 Å². The molecule has 2 heterocycles. The molecule has 0 unspecified atom stereocenters. The van der Waals surface area contributed by atoms with Crippen molar-refractivity contribution in [3.8, 4) is 11.5 Å². The summed E-state index contributed by atoms with van der Waals surface area (Å²) in [6.07, 6.45) is 2.67. The molecule has 0 fully saturated rings. The Morgan fingerprint density at radius 3 is 2.78 bits per heavy atom. The lowest BCUT2D eigenvalue weighted by Crippen LogP contribution is -1.97. The highest BCUT2D eigenvalue weighted by Gasteiger charge is 2.16. The van der Waals surface area contributed by atoms with Crippen LogP contribution in [0.25, 0.3) is 22.6 Å².